The quantitative estimate of drug-likeness (QED) is 0.609. The molecule has 0 atom stereocenters. The number of rotatable bonds is 3. The number of ether oxygens (including phenoxy) is 1. The van der Waals surface area contributed by atoms with E-state index in [1.165, 1.54) is 12.1 Å². The summed E-state index contributed by atoms with van der Waals surface area (Å²) in [7, 11) is 0. The third-order valence-corrected chi connectivity index (χ3v) is 2.15. The number of nitrogens with zero attached hydrogens (tertiary/aromatic N) is 1. The molecular weight excluding hydrogens is 203 g/mol. The third kappa shape index (κ3) is 2.04. The third-order valence-electron chi connectivity index (χ3n) is 2.15. The van der Waals surface area contributed by atoms with Gasteiger partial charge in [-0.15, -0.1) is 0 Å². The average molecular weight is 212 g/mol. The second-order valence-electron chi connectivity index (χ2n) is 3.30. The average Bonchev–Trinajstić information content (AvgIpc) is 2.12. The maximum atomic E-state index is 12.8. The van der Waals surface area contributed by atoms with Crippen molar-refractivity contribution < 1.29 is 14.1 Å². The van der Waals surface area contributed by atoms with Crippen molar-refractivity contribution in [1.82, 2.24) is 0 Å². The minimum atomic E-state index is -0.614. The van der Waals surface area contributed by atoms with Crippen molar-refractivity contribution in [3.8, 4) is 0 Å². The minimum Gasteiger partial charge on any atom is -0.377 e. The van der Waals surface area contributed by atoms with Gasteiger partial charge in [0.15, 0.2) is 0 Å². The number of nitro groups is 1. The highest BCUT2D eigenvalue weighted by Gasteiger charge is 2.22. The first kappa shape index (κ1) is 9.85. The van der Waals surface area contributed by atoms with Gasteiger partial charge in [0.05, 0.1) is 30.2 Å². The summed E-state index contributed by atoms with van der Waals surface area (Å²) < 4.78 is 17.7. The van der Waals surface area contributed by atoms with Gasteiger partial charge in [-0.1, -0.05) is 0 Å². The summed E-state index contributed by atoms with van der Waals surface area (Å²) >= 11 is 0. The first-order valence-electron chi connectivity index (χ1n) is 4.45. The van der Waals surface area contributed by atoms with Crippen molar-refractivity contribution in [3.63, 3.8) is 0 Å². The molecule has 0 radical (unpaired) electrons. The number of nitrogens with one attached hydrogen (secondary N) is 1. The molecule has 0 unspecified atom stereocenters. The topological polar surface area (TPSA) is 64.4 Å². The molecule has 80 valence electrons. The number of anilines is 1. The summed E-state index contributed by atoms with van der Waals surface area (Å²) in [4.78, 5) is 10.0. The monoisotopic (exact) mass is 212 g/mol. The second kappa shape index (κ2) is 3.82. The molecule has 5 nitrogen and oxygen atoms in total. The van der Waals surface area contributed by atoms with Crippen molar-refractivity contribution >= 4 is 11.4 Å². The number of benzene rings is 1. The van der Waals surface area contributed by atoms with E-state index in [1.54, 1.807) is 0 Å². The van der Waals surface area contributed by atoms with Crippen LogP contribution in [0.15, 0.2) is 18.2 Å². The lowest BCUT2D eigenvalue weighted by Crippen LogP contribution is -2.40. The van der Waals surface area contributed by atoms with E-state index >= 15 is 0 Å². The number of hydrogen-bond acceptors (Lipinski definition) is 4. The van der Waals surface area contributed by atoms with Crippen LogP contribution in [0.3, 0.4) is 0 Å². The van der Waals surface area contributed by atoms with Crippen LogP contribution in [0.25, 0.3) is 0 Å². The Morgan fingerprint density at radius 2 is 2.27 bits per heavy atom. The van der Waals surface area contributed by atoms with Gasteiger partial charge in [-0.25, -0.2) is 4.39 Å². The molecule has 1 heterocycles. The summed E-state index contributed by atoms with van der Waals surface area (Å²) in [6, 6.07) is 3.54. The van der Waals surface area contributed by atoms with Gasteiger partial charge in [-0.05, 0) is 12.1 Å². The normalized spacial score (nSPS) is 15.8. The molecule has 2 rings (SSSR count). The molecule has 0 amide bonds. The number of halogens is 1. The Morgan fingerprint density at radius 3 is 2.80 bits per heavy atom. The van der Waals surface area contributed by atoms with Crippen molar-refractivity contribution in [3.05, 3.63) is 34.1 Å². The summed E-state index contributed by atoms with van der Waals surface area (Å²) in [5, 5.41) is 13.6. The molecule has 1 aliphatic rings. The van der Waals surface area contributed by atoms with Crippen LogP contribution in [0, 0.1) is 15.9 Å². The largest absolute Gasteiger partial charge is 0.377 e. The van der Waals surface area contributed by atoms with E-state index in [4.69, 9.17) is 4.74 Å². The fourth-order valence-electron chi connectivity index (χ4n) is 1.32. The van der Waals surface area contributed by atoms with E-state index in [-0.39, 0.29) is 11.7 Å². The molecule has 0 aromatic heterocycles. The molecule has 1 aliphatic heterocycles. The first-order chi connectivity index (χ1) is 7.16. The zero-order valence-corrected chi connectivity index (χ0v) is 7.77. The van der Waals surface area contributed by atoms with Crippen molar-refractivity contribution in [1.29, 1.82) is 0 Å². The molecule has 0 spiro atoms. The SMILES string of the molecule is O=[N+]([O-])c1cc(F)ccc1NC1COC1. The fourth-order valence-corrected chi connectivity index (χ4v) is 1.32. The Labute approximate surface area is 85.0 Å². The molecule has 0 aliphatic carbocycles. The first-order valence-corrected chi connectivity index (χ1v) is 4.45. The van der Waals surface area contributed by atoms with E-state index in [1.807, 2.05) is 0 Å². The van der Waals surface area contributed by atoms with Gasteiger partial charge < -0.3 is 10.1 Å². The minimum absolute atomic E-state index is 0.0779. The smallest absolute Gasteiger partial charge is 0.295 e. The van der Waals surface area contributed by atoms with Gasteiger partial charge in [0, 0.05) is 0 Å². The second-order valence-corrected chi connectivity index (χ2v) is 3.30. The van der Waals surface area contributed by atoms with Crippen LogP contribution in [0.2, 0.25) is 0 Å². The Balaban J connectivity index is 2.23. The van der Waals surface area contributed by atoms with Crippen molar-refractivity contribution in [2.75, 3.05) is 18.5 Å². The lowest BCUT2D eigenvalue weighted by atomic mass is 10.2. The molecule has 1 fully saturated rings. The van der Waals surface area contributed by atoms with E-state index in [9.17, 15) is 14.5 Å². The van der Waals surface area contributed by atoms with Crippen LogP contribution in [0.1, 0.15) is 0 Å². The molecule has 0 saturated carbocycles. The Morgan fingerprint density at radius 1 is 1.53 bits per heavy atom. The van der Waals surface area contributed by atoms with E-state index in [0.717, 1.165) is 6.07 Å². The van der Waals surface area contributed by atoms with Gasteiger partial charge >= 0.3 is 0 Å². The fraction of sp³-hybridized carbons (Fsp3) is 0.333. The molecule has 1 aromatic rings. The molecule has 1 saturated heterocycles. The highest BCUT2D eigenvalue weighted by atomic mass is 19.1. The van der Waals surface area contributed by atoms with Crippen LogP contribution in [-0.4, -0.2) is 24.2 Å². The molecule has 1 N–H and O–H groups in total. The summed E-state index contributed by atoms with van der Waals surface area (Å²) in [5.41, 5.74) is 0.0802. The van der Waals surface area contributed by atoms with Gasteiger partial charge in [0.2, 0.25) is 0 Å². The maximum absolute atomic E-state index is 12.8. The highest BCUT2D eigenvalue weighted by molar-refractivity contribution is 5.62. The van der Waals surface area contributed by atoms with Crippen molar-refractivity contribution in [2.24, 2.45) is 0 Å². The van der Waals surface area contributed by atoms with E-state index in [0.29, 0.717) is 18.9 Å². The Kier molecular flexibility index (Phi) is 2.51. The zero-order valence-electron chi connectivity index (χ0n) is 7.77. The highest BCUT2D eigenvalue weighted by Crippen LogP contribution is 2.26. The molecule has 1 aromatic carbocycles. The Bertz CT molecular complexity index is 393. The lowest BCUT2D eigenvalue weighted by molar-refractivity contribution is -0.384. The predicted octanol–water partition coefficient (Wildman–Crippen LogP) is 1.54. The summed E-state index contributed by atoms with van der Waals surface area (Å²) in [5.74, 6) is -0.614. The predicted molar refractivity (Wildman–Crippen MR) is 51.3 cm³/mol. The van der Waals surface area contributed by atoms with Crippen LogP contribution in [-0.2, 0) is 4.74 Å². The lowest BCUT2D eigenvalue weighted by Gasteiger charge is -2.27. The summed E-state index contributed by atoms with van der Waals surface area (Å²) in [6.45, 7) is 1.04. The van der Waals surface area contributed by atoms with Gasteiger partial charge in [-0.3, -0.25) is 10.1 Å². The molecular formula is C9H9FN2O3. The maximum Gasteiger partial charge on any atom is 0.295 e. The van der Waals surface area contributed by atoms with Gasteiger partial charge in [0.1, 0.15) is 11.5 Å². The van der Waals surface area contributed by atoms with Gasteiger partial charge in [-0.2, -0.15) is 0 Å². The molecule has 0 bridgehead atoms. The van der Waals surface area contributed by atoms with Crippen LogP contribution in [0.4, 0.5) is 15.8 Å². The summed E-state index contributed by atoms with van der Waals surface area (Å²) in [6.07, 6.45) is 0. The molecule has 6 heteroatoms. The van der Waals surface area contributed by atoms with Crippen molar-refractivity contribution in [2.45, 2.75) is 6.04 Å². The number of hydrogen-bond donors (Lipinski definition) is 1. The van der Waals surface area contributed by atoms with Crippen LogP contribution >= 0.6 is 0 Å². The standard InChI is InChI=1S/C9H9FN2O3/c10-6-1-2-8(9(3-6)12(13)14)11-7-4-15-5-7/h1-3,7,11H,4-5H2. The zero-order chi connectivity index (χ0) is 10.8. The van der Waals surface area contributed by atoms with Gasteiger partial charge in [0.25, 0.3) is 5.69 Å². The van der Waals surface area contributed by atoms with Crippen LogP contribution in [0.5, 0.6) is 0 Å². The van der Waals surface area contributed by atoms with E-state index < -0.39 is 10.7 Å². The molecule has 15 heavy (non-hydrogen) atoms. The van der Waals surface area contributed by atoms with E-state index in [2.05, 4.69) is 5.32 Å². The van der Waals surface area contributed by atoms with Crippen LogP contribution < -0.4 is 5.32 Å². The number of nitro benzene ring substituents is 1. The Hall–Kier alpha value is -1.69.